The number of halogens is 2. The summed E-state index contributed by atoms with van der Waals surface area (Å²) in [4.78, 5) is 0. The van der Waals surface area contributed by atoms with Crippen LogP contribution in [-0.2, 0) is 26.2 Å². The van der Waals surface area contributed by atoms with Crippen LogP contribution in [0.4, 0.5) is 0 Å². The van der Waals surface area contributed by atoms with Crippen molar-refractivity contribution in [3.8, 4) is 0 Å². The van der Waals surface area contributed by atoms with Crippen LogP contribution < -0.4 is 24.8 Å². The first-order valence-electron chi connectivity index (χ1n) is 7.31. The molecular weight excluding hydrogens is 406 g/mol. The SMILES string of the molecule is CC1=[C-]C(C)C(C)=C1[Si](C)(C)C1=C(C)C(C)[C-]=C1C.[Cl-].[Cl-].[Zr+4]. The van der Waals surface area contributed by atoms with E-state index < -0.39 is 8.07 Å². The Kier molecular flexibility index (Phi) is 9.79. The van der Waals surface area contributed by atoms with Gasteiger partial charge in [0.25, 0.3) is 0 Å². The third-order valence-corrected chi connectivity index (χ3v) is 8.99. The van der Waals surface area contributed by atoms with Gasteiger partial charge in [-0.1, -0.05) is 74.5 Å². The monoisotopic (exact) mass is 430 g/mol. The number of hydrogen-bond donors (Lipinski definition) is 0. The molecule has 22 heavy (non-hydrogen) atoms. The Labute approximate surface area is 169 Å². The van der Waals surface area contributed by atoms with Crippen molar-refractivity contribution in [1.29, 1.82) is 0 Å². The zero-order chi connectivity index (χ0) is 14.5. The normalized spacial score (nSPS) is 24.4. The predicted molar refractivity (Wildman–Crippen MR) is 86.1 cm³/mol. The van der Waals surface area contributed by atoms with Gasteiger partial charge < -0.3 is 24.8 Å². The molecule has 0 bridgehead atoms. The van der Waals surface area contributed by atoms with Crippen LogP contribution in [0.15, 0.2) is 32.7 Å². The van der Waals surface area contributed by atoms with Crippen LogP contribution in [0.2, 0.25) is 13.1 Å². The molecule has 2 aliphatic rings. The van der Waals surface area contributed by atoms with Crippen LogP contribution in [0.3, 0.4) is 0 Å². The molecule has 0 aromatic heterocycles. The molecule has 2 atom stereocenters. The maximum Gasteiger partial charge on any atom is 4.00 e. The van der Waals surface area contributed by atoms with Crippen molar-refractivity contribution in [2.45, 2.75) is 54.6 Å². The number of rotatable bonds is 2. The van der Waals surface area contributed by atoms with Gasteiger partial charge in [0.15, 0.2) is 0 Å². The van der Waals surface area contributed by atoms with Crippen LogP contribution >= 0.6 is 0 Å². The molecule has 0 amide bonds. The minimum Gasteiger partial charge on any atom is -1.00 e. The van der Waals surface area contributed by atoms with Gasteiger partial charge in [-0.25, -0.2) is 21.5 Å². The molecule has 2 unspecified atom stereocenters. The maximum absolute atomic E-state index is 3.61. The topological polar surface area (TPSA) is 0 Å². The second-order valence-corrected chi connectivity index (χ2v) is 11.0. The second kappa shape index (κ2) is 8.65. The van der Waals surface area contributed by atoms with E-state index in [2.05, 4.69) is 66.8 Å². The molecule has 0 N–H and O–H groups in total. The van der Waals surface area contributed by atoms with Crippen LogP contribution in [0.1, 0.15) is 41.5 Å². The average molecular weight is 433 g/mol. The fourth-order valence-corrected chi connectivity index (χ4v) is 8.76. The van der Waals surface area contributed by atoms with Crippen molar-refractivity contribution in [1.82, 2.24) is 0 Å². The molecule has 0 aromatic carbocycles. The van der Waals surface area contributed by atoms with E-state index >= 15 is 0 Å². The van der Waals surface area contributed by atoms with Gasteiger partial charge in [0, 0.05) is 0 Å². The Morgan fingerprint density at radius 1 is 0.727 bits per heavy atom. The summed E-state index contributed by atoms with van der Waals surface area (Å²) in [6.07, 6.45) is 7.22. The van der Waals surface area contributed by atoms with Gasteiger partial charge >= 0.3 is 26.2 Å². The fourth-order valence-electron chi connectivity index (χ4n) is 4.08. The zero-order valence-electron chi connectivity index (χ0n) is 14.9. The summed E-state index contributed by atoms with van der Waals surface area (Å²) in [6.45, 7) is 18.6. The average Bonchev–Trinajstić information content (AvgIpc) is 2.66. The van der Waals surface area contributed by atoms with E-state index in [1.807, 2.05) is 0 Å². The Morgan fingerprint density at radius 2 is 1.00 bits per heavy atom. The third-order valence-electron chi connectivity index (χ3n) is 4.95. The Morgan fingerprint density at radius 3 is 1.18 bits per heavy atom. The van der Waals surface area contributed by atoms with Gasteiger partial charge in [-0.2, -0.15) is 11.1 Å². The quantitative estimate of drug-likeness (QED) is 0.396. The summed E-state index contributed by atoms with van der Waals surface area (Å²) in [6, 6.07) is 0. The maximum atomic E-state index is 3.61. The van der Waals surface area contributed by atoms with Gasteiger partial charge in [0.1, 0.15) is 0 Å². The van der Waals surface area contributed by atoms with E-state index in [4.69, 9.17) is 0 Å². The van der Waals surface area contributed by atoms with E-state index in [1.165, 1.54) is 11.1 Å². The molecule has 0 aromatic rings. The largest absolute Gasteiger partial charge is 4.00 e. The second-order valence-electron chi connectivity index (χ2n) is 6.72. The summed E-state index contributed by atoms with van der Waals surface area (Å²) >= 11 is 0. The molecule has 0 radical (unpaired) electrons. The third kappa shape index (κ3) is 4.00. The van der Waals surface area contributed by atoms with Crippen molar-refractivity contribution in [2.24, 2.45) is 11.8 Å². The van der Waals surface area contributed by atoms with Crippen LogP contribution in [0.5, 0.6) is 0 Å². The van der Waals surface area contributed by atoms with E-state index in [0.717, 1.165) is 0 Å². The minimum absolute atomic E-state index is 0. The van der Waals surface area contributed by atoms with Gasteiger partial charge in [0.05, 0.1) is 0 Å². The molecule has 0 heterocycles. The first-order valence-corrected chi connectivity index (χ1v) is 10.3. The van der Waals surface area contributed by atoms with Crippen LogP contribution in [0, 0.1) is 24.0 Å². The van der Waals surface area contributed by atoms with Crippen molar-refractivity contribution in [2.75, 3.05) is 0 Å². The Hall–Kier alpha value is 0.640. The molecule has 0 nitrogen and oxygen atoms in total. The number of hydrogen-bond acceptors (Lipinski definition) is 0. The molecule has 2 rings (SSSR count). The molecule has 0 fully saturated rings. The summed E-state index contributed by atoms with van der Waals surface area (Å²) in [5.41, 5.74) is 5.88. The molecule has 4 heteroatoms. The molecular formula is C18H26Cl2SiZr. The molecule has 0 saturated carbocycles. The van der Waals surface area contributed by atoms with Gasteiger partial charge in [-0.3, -0.25) is 12.2 Å². The van der Waals surface area contributed by atoms with Crippen LogP contribution in [0.25, 0.3) is 0 Å². The van der Waals surface area contributed by atoms with E-state index in [1.54, 1.807) is 21.5 Å². The Bertz CT molecular complexity index is 505. The summed E-state index contributed by atoms with van der Waals surface area (Å²) in [5, 5.41) is 3.26. The first-order chi connectivity index (χ1) is 8.67. The summed E-state index contributed by atoms with van der Waals surface area (Å²) < 4.78 is 0. The summed E-state index contributed by atoms with van der Waals surface area (Å²) in [5.74, 6) is 0.990. The van der Waals surface area contributed by atoms with Gasteiger partial charge in [-0.15, -0.1) is 0 Å². The smallest absolute Gasteiger partial charge is 1.00 e. The standard InChI is InChI=1S/C18H26Si.2ClH.Zr/c1-11-9-13(3)17(15(11)5)19(7,8)18-14(4)10-12(2)16(18)6;;;/h11-12H,1-8H3;2*1H;/q-2;;;+4/p-2. The molecule has 0 aliphatic heterocycles. The first kappa shape index (κ1) is 24.9. The minimum atomic E-state index is -1.61. The summed E-state index contributed by atoms with van der Waals surface area (Å²) in [7, 11) is -1.61. The van der Waals surface area contributed by atoms with Gasteiger partial charge in [0.2, 0.25) is 0 Å². The van der Waals surface area contributed by atoms with Crippen molar-refractivity contribution < 1.29 is 51.0 Å². The molecule has 0 saturated heterocycles. The van der Waals surface area contributed by atoms with E-state index in [0.29, 0.717) is 11.8 Å². The molecule has 2 aliphatic carbocycles. The Balaban J connectivity index is 0. The molecule has 120 valence electrons. The fraction of sp³-hybridized carbons (Fsp3) is 0.556. The van der Waals surface area contributed by atoms with Gasteiger partial charge in [-0.05, 0) is 0 Å². The predicted octanol–water partition coefficient (Wildman–Crippen LogP) is -0.790. The van der Waals surface area contributed by atoms with Crippen molar-refractivity contribution >= 4 is 8.07 Å². The van der Waals surface area contributed by atoms with Crippen molar-refractivity contribution in [3.63, 3.8) is 0 Å². The zero-order valence-corrected chi connectivity index (χ0v) is 19.9. The molecule has 0 spiro atoms. The number of allylic oxidation sites excluding steroid dienone is 8. The van der Waals surface area contributed by atoms with Crippen LogP contribution in [-0.4, -0.2) is 8.07 Å². The van der Waals surface area contributed by atoms with Crippen molar-refractivity contribution in [3.05, 3.63) is 44.8 Å². The van der Waals surface area contributed by atoms with E-state index in [9.17, 15) is 0 Å². The van der Waals surface area contributed by atoms with E-state index in [-0.39, 0.29) is 51.0 Å².